The molecule has 1 aliphatic carbocycles. The monoisotopic (exact) mass is 727 g/mol. The van der Waals surface area contributed by atoms with E-state index in [4.69, 9.17) is 9.72 Å². The number of carbonyl (C=O) groups excluding carboxylic acids is 2. The van der Waals surface area contributed by atoms with Gasteiger partial charge in [-0.15, -0.1) is 16.4 Å². The number of amides is 2. The Morgan fingerprint density at radius 2 is 1.92 bits per heavy atom. The van der Waals surface area contributed by atoms with E-state index in [0.717, 1.165) is 30.9 Å². The Bertz CT molecular complexity index is 2100. The molecular weight excluding hydrogens is 691 g/mol. The van der Waals surface area contributed by atoms with Gasteiger partial charge in [0.05, 0.1) is 23.7 Å². The maximum Gasteiger partial charge on any atom is 0.425 e. The number of fused-ring (bicyclic) bond motifs is 1. The number of hydrogen-bond donors (Lipinski definition) is 2. The summed E-state index contributed by atoms with van der Waals surface area (Å²) >= 11 is 0.655. The number of aromatic nitrogens is 6. The summed E-state index contributed by atoms with van der Waals surface area (Å²) in [5.74, 6) is -0.900. The average molecular weight is 728 g/mol. The van der Waals surface area contributed by atoms with Crippen LogP contribution < -0.4 is 15.8 Å². The van der Waals surface area contributed by atoms with Crippen molar-refractivity contribution in [3.05, 3.63) is 61.5 Å². The van der Waals surface area contributed by atoms with Gasteiger partial charge in [-0.1, -0.05) is 13.0 Å². The number of allylic oxidation sites excluding steroid dienone is 1. The molecule has 51 heavy (non-hydrogen) atoms. The van der Waals surface area contributed by atoms with Crippen molar-refractivity contribution in [3.8, 4) is 5.75 Å². The predicted octanol–water partition coefficient (Wildman–Crippen LogP) is 4.01. The van der Waals surface area contributed by atoms with Crippen molar-refractivity contribution < 1.29 is 32.6 Å². The first-order valence-electron chi connectivity index (χ1n) is 16.8. The van der Waals surface area contributed by atoms with Crippen LogP contribution in [0.2, 0.25) is 0 Å². The summed E-state index contributed by atoms with van der Waals surface area (Å²) in [4.78, 5) is 57.0. The second-order valence-electron chi connectivity index (χ2n) is 12.7. The molecule has 1 saturated carbocycles. The van der Waals surface area contributed by atoms with Gasteiger partial charge in [-0.2, -0.15) is 22.7 Å². The Morgan fingerprint density at radius 3 is 2.63 bits per heavy atom. The zero-order chi connectivity index (χ0) is 36.0. The zero-order valence-electron chi connectivity index (χ0n) is 28.0. The number of nitrogens with one attached hydrogen (secondary N) is 1. The first-order chi connectivity index (χ1) is 24.4. The van der Waals surface area contributed by atoms with Crippen LogP contribution in [0.5, 0.6) is 5.75 Å². The predicted molar refractivity (Wildman–Crippen MR) is 181 cm³/mol. The number of piperazine rings is 1. The summed E-state index contributed by atoms with van der Waals surface area (Å²) in [6, 6.07) is 0.989. The van der Waals surface area contributed by atoms with Crippen molar-refractivity contribution in [2.24, 2.45) is 0 Å². The van der Waals surface area contributed by atoms with Gasteiger partial charge in [-0.25, -0.2) is 9.97 Å². The number of rotatable bonds is 8. The van der Waals surface area contributed by atoms with Crippen LogP contribution in [0.15, 0.2) is 23.3 Å². The third-order valence-corrected chi connectivity index (χ3v) is 10.6. The highest BCUT2D eigenvalue weighted by Gasteiger charge is 2.38. The normalized spacial score (nSPS) is 17.1. The van der Waals surface area contributed by atoms with E-state index in [1.807, 2.05) is 17.9 Å². The highest BCUT2D eigenvalue weighted by molar-refractivity contribution is 7.12. The van der Waals surface area contributed by atoms with Crippen LogP contribution in [-0.4, -0.2) is 90.3 Å². The van der Waals surface area contributed by atoms with Gasteiger partial charge in [0.15, 0.2) is 17.3 Å². The number of hydrogen-bond acceptors (Lipinski definition) is 11. The van der Waals surface area contributed by atoms with Gasteiger partial charge in [0.2, 0.25) is 11.7 Å². The van der Waals surface area contributed by atoms with Gasteiger partial charge in [0, 0.05) is 37.7 Å². The molecule has 0 bridgehead atoms. The van der Waals surface area contributed by atoms with Crippen LogP contribution in [0.4, 0.5) is 24.5 Å². The zero-order valence-corrected chi connectivity index (χ0v) is 28.8. The molecule has 2 N–H and O–H groups in total. The molecule has 6 heterocycles. The molecule has 14 nitrogen and oxygen atoms in total. The maximum absolute atomic E-state index is 14.3. The average Bonchev–Trinajstić information content (AvgIpc) is 3.79. The molecule has 4 aromatic rings. The fourth-order valence-corrected chi connectivity index (χ4v) is 7.66. The molecule has 3 aliphatic rings. The van der Waals surface area contributed by atoms with Crippen molar-refractivity contribution >= 4 is 45.9 Å². The largest absolute Gasteiger partial charge is 0.504 e. The number of aromatic hydroxyl groups is 1. The lowest BCUT2D eigenvalue weighted by molar-refractivity contribution is -0.134. The number of anilines is 2. The van der Waals surface area contributed by atoms with E-state index in [9.17, 15) is 32.7 Å². The van der Waals surface area contributed by atoms with Crippen molar-refractivity contribution in [3.63, 3.8) is 0 Å². The van der Waals surface area contributed by atoms with E-state index < -0.39 is 28.4 Å². The van der Waals surface area contributed by atoms with Gasteiger partial charge in [-0.3, -0.25) is 14.4 Å². The Balaban J connectivity index is 1.24. The number of nitrogens with zero attached hydrogens (tertiary/aromatic N) is 8. The molecule has 0 unspecified atom stereocenters. The van der Waals surface area contributed by atoms with E-state index in [1.165, 1.54) is 15.7 Å². The number of halogens is 3. The summed E-state index contributed by atoms with van der Waals surface area (Å²) in [5.41, 5.74) is 1.45. The topological polar surface area (TPSA) is 160 Å². The second kappa shape index (κ2) is 13.7. The minimum atomic E-state index is -4.54. The lowest BCUT2D eigenvalue weighted by Gasteiger charge is -2.36. The molecule has 7 rings (SSSR count). The van der Waals surface area contributed by atoms with Gasteiger partial charge in [0.25, 0.3) is 11.5 Å². The lowest BCUT2D eigenvalue weighted by Crippen LogP contribution is -2.51. The number of ether oxygens (including phenoxy) is 1. The highest BCUT2D eigenvalue weighted by atomic mass is 32.1. The number of aryl methyl sites for hydroxylation is 1. The highest BCUT2D eigenvalue weighted by Crippen LogP contribution is 2.50. The van der Waals surface area contributed by atoms with E-state index in [-0.39, 0.29) is 72.9 Å². The minimum absolute atomic E-state index is 0.0259. The Morgan fingerprint density at radius 1 is 1.16 bits per heavy atom. The quantitative estimate of drug-likeness (QED) is 0.272. The van der Waals surface area contributed by atoms with Gasteiger partial charge in [0.1, 0.15) is 23.4 Å². The summed E-state index contributed by atoms with van der Waals surface area (Å²) in [5, 5.41) is 17.7. The molecule has 0 spiro atoms. The number of thiophene rings is 1. The molecule has 2 fully saturated rings. The second-order valence-corrected chi connectivity index (χ2v) is 13.8. The van der Waals surface area contributed by atoms with E-state index in [2.05, 4.69) is 20.4 Å². The molecule has 0 radical (unpaired) electrons. The summed E-state index contributed by atoms with van der Waals surface area (Å²) in [7, 11) is 0. The molecule has 18 heteroatoms. The third-order valence-electron chi connectivity index (χ3n) is 9.29. The van der Waals surface area contributed by atoms with Crippen LogP contribution >= 0.6 is 11.3 Å². The minimum Gasteiger partial charge on any atom is -0.504 e. The van der Waals surface area contributed by atoms with Gasteiger partial charge < -0.3 is 29.5 Å². The van der Waals surface area contributed by atoms with E-state index in [0.29, 0.717) is 53.8 Å². The molecule has 2 aliphatic heterocycles. The van der Waals surface area contributed by atoms with Crippen molar-refractivity contribution in [1.29, 1.82) is 0 Å². The fraction of sp³-hybridized carbons (Fsp3) is 0.485. The number of carbonyl (C=O) groups is 2. The molecular formula is C33H36F3N9O5S. The van der Waals surface area contributed by atoms with Crippen LogP contribution in [-0.2, 0) is 28.7 Å². The first kappa shape index (κ1) is 34.6. The smallest absolute Gasteiger partial charge is 0.425 e. The summed E-state index contributed by atoms with van der Waals surface area (Å²) in [6.45, 7) is 4.92. The Labute approximate surface area is 293 Å². The first-order valence-corrected chi connectivity index (χ1v) is 17.6. The van der Waals surface area contributed by atoms with Gasteiger partial charge in [-0.05, 0) is 56.6 Å². The Kier molecular flexibility index (Phi) is 9.30. The lowest BCUT2D eigenvalue weighted by atomic mass is 10.1. The standard InChI is InChI=1S/C33H36F3N9O5S/c1-3-22-26(42-9-11-43(12-10-42)30(48)25-27(47)18(2)37-17-38-25)31(49)45-32(40-29(41-45)20-5-4-13-50-14-8-20)44(22)16-24(46)39-21-15-23(33(34,35)36)51-28(21)19-6-7-19/h8,15,17,19,47H,3-7,9-14,16H2,1-2H3,(H,39,46). The van der Waals surface area contributed by atoms with Crippen molar-refractivity contribution in [2.75, 3.05) is 49.6 Å². The van der Waals surface area contributed by atoms with Crippen molar-refractivity contribution in [2.45, 2.75) is 64.6 Å². The van der Waals surface area contributed by atoms with Gasteiger partial charge >= 0.3 is 6.18 Å². The van der Waals surface area contributed by atoms with E-state index in [1.54, 1.807) is 11.5 Å². The molecule has 4 aromatic heterocycles. The van der Waals surface area contributed by atoms with Crippen LogP contribution in [0.25, 0.3) is 11.4 Å². The summed E-state index contributed by atoms with van der Waals surface area (Å²) < 4.78 is 49.2. The molecule has 1 saturated heterocycles. The van der Waals surface area contributed by atoms with Crippen molar-refractivity contribution in [1.82, 2.24) is 34.0 Å². The van der Waals surface area contributed by atoms with E-state index >= 15 is 0 Å². The van der Waals surface area contributed by atoms with Crippen LogP contribution in [0.3, 0.4) is 0 Å². The molecule has 270 valence electrons. The molecule has 0 atom stereocenters. The molecule has 2 amide bonds. The van der Waals surface area contributed by atoms with Crippen LogP contribution in [0.1, 0.15) is 76.0 Å². The summed E-state index contributed by atoms with van der Waals surface area (Å²) in [6.07, 6.45) is 1.73. The Hall–Kier alpha value is -4.84. The SMILES string of the molecule is CCc1c(N2CCN(C(=O)c3ncnc(C)c3O)CC2)c(=O)n2nc(C3=CCOCCC3)nc2n1CC(=O)Nc1cc(C(F)(F)F)sc1C1CC1. The third kappa shape index (κ3) is 6.81. The molecule has 0 aromatic carbocycles. The fourth-order valence-electron chi connectivity index (χ4n) is 6.51. The number of alkyl halides is 3. The maximum atomic E-state index is 14.3. The van der Waals surface area contributed by atoms with Crippen LogP contribution in [0, 0.1) is 6.92 Å².